The van der Waals surface area contributed by atoms with Crippen molar-refractivity contribution >= 4 is 16.9 Å². The summed E-state index contributed by atoms with van der Waals surface area (Å²) in [5.74, 6) is 0.856. The average Bonchev–Trinajstić information content (AvgIpc) is 2.34. The van der Waals surface area contributed by atoms with Gasteiger partial charge in [0.05, 0.1) is 0 Å². The molecule has 0 saturated carbocycles. The second kappa shape index (κ2) is 2.13. The van der Waals surface area contributed by atoms with Crippen LogP contribution in [0.4, 0.5) is 0 Å². The number of carbonyl (C=O) groups excluding carboxylic acids is 1. The largest absolute Gasteiger partial charge is 0.282 e. The van der Waals surface area contributed by atoms with Gasteiger partial charge in [-0.2, -0.15) is 0 Å². The van der Waals surface area contributed by atoms with Crippen LogP contribution in [0.3, 0.4) is 0 Å². The zero-order chi connectivity index (χ0) is 6.97. The van der Waals surface area contributed by atoms with Gasteiger partial charge in [0.2, 0.25) is 5.12 Å². The Balaban J connectivity index is 2.61. The quantitative estimate of drug-likeness (QED) is 0.563. The van der Waals surface area contributed by atoms with Crippen LogP contribution < -0.4 is 0 Å². The van der Waals surface area contributed by atoms with E-state index in [9.17, 15) is 4.79 Å². The molecule has 0 fully saturated rings. The van der Waals surface area contributed by atoms with E-state index in [4.69, 9.17) is 0 Å². The molecule has 1 aromatic rings. The Hall–Kier alpha value is -0.760. The van der Waals surface area contributed by atoms with Gasteiger partial charge in [-0.25, -0.2) is 0 Å². The minimum absolute atomic E-state index is 0.218. The maximum atomic E-state index is 11.0. The highest BCUT2D eigenvalue weighted by atomic mass is 32.2. The van der Waals surface area contributed by atoms with Crippen molar-refractivity contribution in [2.45, 2.75) is 5.75 Å². The second-order valence-electron chi connectivity index (χ2n) is 2.23. The lowest BCUT2D eigenvalue weighted by Crippen LogP contribution is -1.85. The van der Waals surface area contributed by atoms with Gasteiger partial charge in [-0.3, -0.25) is 4.79 Å². The number of rotatable bonds is 0. The molecule has 2 heteroatoms. The summed E-state index contributed by atoms with van der Waals surface area (Å²) < 4.78 is 0. The summed E-state index contributed by atoms with van der Waals surface area (Å²) in [6, 6.07) is 7.77. The van der Waals surface area contributed by atoms with Crippen LogP contribution in [0, 0.1) is 0 Å². The zero-order valence-electron chi connectivity index (χ0n) is 5.33. The number of fused-ring (bicyclic) bond motifs is 1. The van der Waals surface area contributed by atoms with E-state index in [1.54, 1.807) is 0 Å². The van der Waals surface area contributed by atoms with Crippen molar-refractivity contribution in [2.24, 2.45) is 0 Å². The van der Waals surface area contributed by atoms with Crippen LogP contribution in [-0.4, -0.2) is 5.12 Å². The summed E-state index contributed by atoms with van der Waals surface area (Å²) >= 11 is 1.39. The van der Waals surface area contributed by atoms with Gasteiger partial charge in [-0.1, -0.05) is 36.0 Å². The maximum absolute atomic E-state index is 11.0. The van der Waals surface area contributed by atoms with Gasteiger partial charge in [0, 0.05) is 11.3 Å². The molecule has 2 rings (SSSR count). The molecule has 10 heavy (non-hydrogen) atoms. The van der Waals surface area contributed by atoms with E-state index >= 15 is 0 Å². The predicted molar refractivity (Wildman–Crippen MR) is 42.1 cm³/mol. The van der Waals surface area contributed by atoms with Crippen LogP contribution >= 0.6 is 11.8 Å². The SMILES string of the molecule is O=C1SCc2ccccc21. The van der Waals surface area contributed by atoms with E-state index in [1.807, 2.05) is 24.3 Å². The van der Waals surface area contributed by atoms with Crippen molar-refractivity contribution in [3.8, 4) is 0 Å². The third-order valence-electron chi connectivity index (χ3n) is 1.60. The first-order valence-corrected chi connectivity index (χ1v) is 4.11. The van der Waals surface area contributed by atoms with E-state index in [1.165, 1.54) is 17.3 Å². The predicted octanol–water partition coefficient (Wildman–Crippen LogP) is 2.07. The fourth-order valence-electron chi connectivity index (χ4n) is 1.07. The molecule has 0 aromatic heterocycles. The molecular formula is C8H6OS. The molecule has 0 aliphatic carbocycles. The Morgan fingerprint density at radius 1 is 1.30 bits per heavy atom. The average molecular weight is 150 g/mol. The van der Waals surface area contributed by atoms with E-state index in [0.717, 1.165) is 11.3 Å². The standard InChI is InChI=1S/C8H6OS/c9-8-7-4-2-1-3-6(7)5-10-8/h1-4H,5H2. The Bertz CT molecular complexity index is 280. The number of hydrogen-bond acceptors (Lipinski definition) is 2. The van der Waals surface area contributed by atoms with Crippen LogP contribution in [0.2, 0.25) is 0 Å². The molecule has 0 bridgehead atoms. The van der Waals surface area contributed by atoms with Crippen LogP contribution in [0.5, 0.6) is 0 Å². The highest BCUT2D eigenvalue weighted by molar-refractivity contribution is 8.13. The zero-order valence-corrected chi connectivity index (χ0v) is 6.15. The molecule has 0 saturated heterocycles. The lowest BCUT2D eigenvalue weighted by Gasteiger charge is -1.90. The summed E-state index contributed by atoms with van der Waals surface area (Å²) in [6.45, 7) is 0. The molecule has 1 nitrogen and oxygen atoms in total. The molecular weight excluding hydrogens is 144 g/mol. The molecule has 0 spiro atoms. The second-order valence-corrected chi connectivity index (χ2v) is 3.18. The van der Waals surface area contributed by atoms with E-state index < -0.39 is 0 Å². The van der Waals surface area contributed by atoms with Gasteiger partial charge in [0.25, 0.3) is 0 Å². The third kappa shape index (κ3) is 0.762. The van der Waals surface area contributed by atoms with Gasteiger partial charge in [0.15, 0.2) is 0 Å². The van der Waals surface area contributed by atoms with Gasteiger partial charge in [-0.15, -0.1) is 0 Å². The molecule has 0 unspecified atom stereocenters. The fraction of sp³-hybridized carbons (Fsp3) is 0.125. The summed E-state index contributed by atoms with van der Waals surface area (Å²) in [7, 11) is 0. The first kappa shape index (κ1) is 5.98. The minimum atomic E-state index is 0.218. The number of hydrogen-bond donors (Lipinski definition) is 0. The highest BCUT2D eigenvalue weighted by Crippen LogP contribution is 2.28. The molecule has 1 aliphatic heterocycles. The Morgan fingerprint density at radius 3 is 2.90 bits per heavy atom. The molecule has 0 radical (unpaired) electrons. The van der Waals surface area contributed by atoms with E-state index in [2.05, 4.69) is 0 Å². The van der Waals surface area contributed by atoms with Crippen LogP contribution in [0.15, 0.2) is 24.3 Å². The van der Waals surface area contributed by atoms with E-state index in [-0.39, 0.29) is 5.12 Å². The molecule has 0 N–H and O–H groups in total. The third-order valence-corrected chi connectivity index (χ3v) is 2.53. The Labute approximate surface area is 63.4 Å². The summed E-state index contributed by atoms with van der Waals surface area (Å²) in [4.78, 5) is 11.0. The fourth-order valence-corrected chi connectivity index (χ4v) is 1.96. The van der Waals surface area contributed by atoms with Crippen LogP contribution in [-0.2, 0) is 5.75 Å². The minimum Gasteiger partial charge on any atom is -0.282 e. The van der Waals surface area contributed by atoms with Crippen molar-refractivity contribution in [2.75, 3.05) is 0 Å². The summed E-state index contributed by atoms with van der Waals surface area (Å²) in [6.07, 6.45) is 0. The molecule has 1 heterocycles. The molecule has 1 aromatic carbocycles. The van der Waals surface area contributed by atoms with Crippen molar-refractivity contribution < 1.29 is 4.79 Å². The number of benzene rings is 1. The van der Waals surface area contributed by atoms with Gasteiger partial charge >= 0.3 is 0 Å². The van der Waals surface area contributed by atoms with Gasteiger partial charge < -0.3 is 0 Å². The monoisotopic (exact) mass is 150 g/mol. The van der Waals surface area contributed by atoms with Crippen LogP contribution in [0.1, 0.15) is 15.9 Å². The van der Waals surface area contributed by atoms with Gasteiger partial charge in [-0.05, 0) is 5.56 Å². The molecule has 0 amide bonds. The van der Waals surface area contributed by atoms with Crippen molar-refractivity contribution in [1.82, 2.24) is 0 Å². The lowest BCUT2D eigenvalue weighted by atomic mass is 10.1. The van der Waals surface area contributed by atoms with Crippen LogP contribution in [0.25, 0.3) is 0 Å². The Kier molecular flexibility index (Phi) is 1.27. The van der Waals surface area contributed by atoms with E-state index in [0.29, 0.717) is 0 Å². The van der Waals surface area contributed by atoms with Gasteiger partial charge in [0.1, 0.15) is 0 Å². The normalized spacial score (nSPS) is 15.4. The number of carbonyl (C=O) groups is 1. The summed E-state index contributed by atoms with van der Waals surface area (Å²) in [5.41, 5.74) is 2.07. The first-order valence-electron chi connectivity index (χ1n) is 3.13. The number of thioether (sulfide) groups is 1. The van der Waals surface area contributed by atoms with Crippen molar-refractivity contribution in [3.63, 3.8) is 0 Å². The smallest absolute Gasteiger partial charge is 0.219 e. The Morgan fingerprint density at radius 2 is 2.10 bits per heavy atom. The maximum Gasteiger partial charge on any atom is 0.219 e. The first-order chi connectivity index (χ1) is 4.88. The molecule has 50 valence electrons. The topological polar surface area (TPSA) is 17.1 Å². The summed E-state index contributed by atoms with van der Waals surface area (Å²) in [5, 5.41) is 0.218. The van der Waals surface area contributed by atoms with Crippen molar-refractivity contribution in [1.29, 1.82) is 0 Å². The molecule has 1 aliphatic rings. The molecule has 0 atom stereocenters. The lowest BCUT2D eigenvalue weighted by molar-refractivity contribution is 0.109. The highest BCUT2D eigenvalue weighted by Gasteiger charge is 2.18. The van der Waals surface area contributed by atoms with Crippen molar-refractivity contribution in [3.05, 3.63) is 35.4 Å².